The van der Waals surface area contributed by atoms with E-state index in [1.807, 2.05) is 85.8 Å². The van der Waals surface area contributed by atoms with E-state index in [0.29, 0.717) is 23.1 Å². The Morgan fingerprint density at radius 3 is 2.49 bits per heavy atom. The molecule has 0 radical (unpaired) electrons. The number of rotatable bonds is 8. The first-order valence-electron chi connectivity index (χ1n) is 12.8. The molecule has 4 aromatic rings. The molecular formula is C30H29ClN4O3S. The van der Waals surface area contributed by atoms with Crippen molar-refractivity contribution in [3.63, 3.8) is 0 Å². The number of hydrogen-bond donors (Lipinski definition) is 1. The van der Waals surface area contributed by atoms with Crippen LogP contribution in [0.5, 0.6) is 5.75 Å². The van der Waals surface area contributed by atoms with Crippen molar-refractivity contribution in [2.24, 2.45) is 0 Å². The van der Waals surface area contributed by atoms with E-state index in [1.54, 1.807) is 16.7 Å². The Bertz CT molecular complexity index is 1470. The SMILES string of the molecule is CCCNC(=O)CN1C(=O)CS[C@@H](c2ccccc2Cl)c2c(-c3ccccc3)nn(-c3ccc(OC)cc3)c21. The number of anilines is 1. The Balaban J connectivity index is 1.79. The van der Waals surface area contributed by atoms with Gasteiger partial charge in [0.1, 0.15) is 18.1 Å². The quantitative estimate of drug-likeness (QED) is 0.290. The first-order valence-corrected chi connectivity index (χ1v) is 14.2. The van der Waals surface area contributed by atoms with Gasteiger partial charge in [0, 0.05) is 22.7 Å². The molecule has 0 fully saturated rings. The summed E-state index contributed by atoms with van der Waals surface area (Å²) in [5, 5.41) is 8.31. The number of nitrogens with zero attached hydrogens (tertiary/aromatic N) is 3. The van der Waals surface area contributed by atoms with Gasteiger partial charge >= 0.3 is 0 Å². The van der Waals surface area contributed by atoms with E-state index in [0.717, 1.165) is 34.5 Å². The zero-order valence-corrected chi connectivity index (χ0v) is 23.3. The van der Waals surface area contributed by atoms with Gasteiger partial charge in [0.15, 0.2) is 0 Å². The number of aromatic nitrogens is 2. The van der Waals surface area contributed by atoms with E-state index in [-0.39, 0.29) is 29.4 Å². The van der Waals surface area contributed by atoms with Crippen LogP contribution in [0, 0.1) is 0 Å². The van der Waals surface area contributed by atoms with Crippen molar-refractivity contribution < 1.29 is 14.3 Å². The Labute approximate surface area is 237 Å². The van der Waals surface area contributed by atoms with Crippen LogP contribution >= 0.6 is 23.4 Å². The van der Waals surface area contributed by atoms with Crippen LogP contribution in [-0.4, -0.2) is 47.5 Å². The molecular weight excluding hydrogens is 532 g/mol. The first-order chi connectivity index (χ1) is 19.0. The second kappa shape index (κ2) is 12.0. The summed E-state index contributed by atoms with van der Waals surface area (Å²) in [5.41, 5.74) is 4.10. The summed E-state index contributed by atoms with van der Waals surface area (Å²) in [6.07, 6.45) is 0.803. The minimum absolute atomic E-state index is 0.113. The number of amides is 2. The highest BCUT2D eigenvalue weighted by Gasteiger charge is 2.38. The van der Waals surface area contributed by atoms with Crippen LogP contribution in [0.4, 0.5) is 5.82 Å². The number of carbonyl (C=O) groups is 2. The summed E-state index contributed by atoms with van der Waals surface area (Å²) in [6.45, 7) is 2.42. The summed E-state index contributed by atoms with van der Waals surface area (Å²) in [6, 6.07) is 25.0. The third-order valence-corrected chi connectivity index (χ3v) is 8.10. The molecule has 1 atom stereocenters. The van der Waals surface area contributed by atoms with Crippen LogP contribution in [0.3, 0.4) is 0 Å². The number of carbonyl (C=O) groups excluding carboxylic acids is 2. The number of fused-ring (bicyclic) bond motifs is 1. The Morgan fingerprint density at radius 1 is 1.08 bits per heavy atom. The zero-order chi connectivity index (χ0) is 27.4. The molecule has 0 saturated heterocycles. The average Bonchev–Trinajstić information content (AvgIpc) is 3.30. The Morgan fingerprint density at radius 2 is 1.79 bits per heavy atom. The van der Waals surface area contributed by atoms with Gasteiger partial charge in [-0.2, -0.15) is 5.10 Å². The molecule has 7 nitrogen and oxygen atoms in total. The summed E-state index contributed by atoms with van der Waals surface area (Å²) in [5.74, 6) is 1.06. The van der Waals surface area contributed by atoms with Crippen molar-refractivity contribution in [3.05, 3.63) is 95.0 Å². The molecule has 2 heterocycles. The molecule has 9 heteroatoms. The van der Waals surface area contributed by atoms with E-state index in [4.69, 9.17) is 21.4 Å². The molecule has 0 saturated carbocycles. The van der Waals surface area contributed by atoms with Crippen molar-refractivity contribution in [2.45, 2.75) is 18.6 Å². The lowest BCUT2D eigenvalue weighted by atomic mass is 9.99. The number of thioether (sulfide) groups is 1. The van der Waals surface area contributed by atoms with Crippen molar-refractivity contribution in [1.29, 1.82) is 0 Å². The van der Waals surface area contributed by atoms with E-state index in [1.165, 1.54) is 11.8 Å². The van der Waals surface area contributed by atoms with Crippen LogP contribution in [0.15, 0.2) is 78.9 Å². The van der Waals surface area contributed by atoms with Gasteiger partial charge in [-0.1, -0.05) is 67.1 Å². The lowest BCUT2D eigenvalue weighted by Crippen LogP contribution is -2.42. The fourth-order valence-electron chi connectivity index (χ4n) is 4.63. The lowest BCUT2D eigenvalue weighted by molar-refractivity contribution is -0.122. The van der Waals surface area contributed by atoms with Gasteiger partial charge < -0.3 is 10.1 Å². The summed E-state index contributed by atoms with van der Waals surface area (Å²) in [7, 11) is 1.61. The molecule has 1 aromatic heterocycles. The van der Waals surface area contributed by atoms with Gasteiger partial charge in [-0.15, -0.1) is 11.8 Å². The van der Waals surface area contributed by atoms with Gasteiger partial charge in [0.05, 0.1) is 29.5 Å². The molecule has 0 unspecified atom stereocenters. The van der Waals surface area contributed by atoms with Crippen LogP contribution < -0.4 is 15.0 Å². The zero-order valence-electron chi connectivity index (χ0n) is 21.8. The standard InChI is InChI=1S/C30H29ClN4O3S/c1-3-17-32-25(36)18-34-26(37)19-39-29(23-11-7-8-12-24(23)31)27-28(20-9-5-4-6-10-20)33-35(30(27)34)21-13-15-22(38-2)16-14-21/h4-16,29H,3,17-19H2,1-2H3,(H,32,36)/t29-/m0/s1. The monoisotopic (exact) mass is 560 g/mol. The van der Waals surface area contributed by atoms with Crippen LogP contribution in [0.1, 0.15) is 29.7 Å². The number of methoxy groups -OCH3 is 1. The van der Waals surface area contributed by atoms with Crippen LogP contribution in [0.2, 0.25) is 5.02 Å². The smallest absolute Gasteiger partial charge is 0.240 e. The number of halogens is 1. The second-order valence-electron chi connectivity index (χ2n) is 9.10. The molecule has 1 aliphatic heterocycles. The topological polar surface area (TPSA) is 76.5 Å². The minimum atomic E-state index is -0.288. The van der Waals surface area contributed by atoms with Gasteiger partial charge in [-0.05, 0) is 42.3 Å². The van der Waals surface area contributed by atoms with E-state index < -0.39 is 0 Å². The maximum absolute atomic E-state index is 13.7. The lowest BCUT2D eigenvalue weighted by Gasteiger charge is -2.23. The Hall–Kier alpha value is -3.75. The van der Waals surface area contributed by atoms with Crippen molar-refractivity contribution in [3.8, 4) is 22.7 Å². The van der Waals surface area contributed by atoms with Gasteiger partial charge in [0.25, 0.3) is 0 Å². The number of ether oxygens (including phenoxy) is 1. The summed E-state index contributed by atoms with van der Waals surface area (Å²) >= 11 is 8.22. The molecule has 1 aliphatic rings. The first kappa shape index (κ1) is 26.8. The third-order valence-electron chi connectivity index (χ3n) is 6.51. The highest BCUT2D eigenvalue weighted by Crippen LogP contribution is 2.49. The van der Waals surface area contributed by atoms with Crippen LogP contribution in [-0.2, 0) is 9.59 Å². The highest BCUT2D eigenvalue weighted by molar-refractivity contribution is 8.00. The van der Waals surface area contributed by atoms with Crippen molar-refractivity contribution in [1.82, 2.24) is 15.1 Å². The van der Waals surface area contributed by atoms with Gasteiger partial charge in [0.2, 0.25) is 11.8 Å². The van der Waals surface area contributed by atoms with E-state index in [9.17, 15) is 9.59 Å². The second-order valence-corrected chi connectivity index (χ2v) is 10.6. The molecule has 5 rings (SSSR count). The minimum Gasteiger partial charge on any atom is -0.497 e. The average molecular weight is 561 g/mol. The van der Waals surface area contributed by atoms with Crippen molar-refractivity contribution >= 4 is 41.0 Å². The van der Waals surface area contributed by atoms with Crippen LogP contribution in [0.25, 0.3) is 16.9 Å². The molecule has 0 aliphatic carbocycles. The van der Waals surface area contributed by atoms with E-state index >= 15 is 0 Å². The predicted octanol–water partition coefficient (Wildman–Crippen LogP) is 5.90. The molecule has 1 N–H and O–H groups in total. The molecule has 2 amide bonds. The normalized spacial score (nSPS) is 15.0. The fourth-order valence-corrected chi connectivity index (χ4v) is 6.17. The number of hydrogen-bond acceptors (Lipinski definition) is 5. The maximum Gasteiger partial charge on any atom is 0.240 e. The van der Waals surface area contributed by atoms with Gasteiger partial charge in [-0.25, -0.2) is 4.68 Å². The Kier molecular flexibility index (Phi) is 8.24. The fraction of sp³-hybridized carbons (Fsp3) is 0.233. The molecule has 0 spiro atoms. The highest BCUT2D eigenvalue weighted by atomic mass is 35.5. The summed E-state index contributed by atoms with van der Waals surface area (Å²) < 4.78 is 7.13. The molecule has 200 valence electrons. The molecule has 3 aromatic carbocycles. The predicted molar refractivity (Wildman–Crippen MR) is 157 cm³/mol. The number of benzene rings is 3. The maximum atomic E-state index is 13.7. The molecule has 39 heavy (non-hydrogen) atoms. The van der Waals surface area contributed by atoms with Gasteiger partial charge in [-0.3, -0.25) is 14.5 Å². The third kappa shape index (κ3) is 5.53. The van der Waals surface area contributed by atoms with Crippen molar-refractivity contribution in [2.75, 3.05) is 30.9 Å². The van der Waals surface area contributed by atoms with E-state index in [2.05, 4.69) is 5.32 Å². The number of nitrogens with one attached hydrogen (secondary N) is 1. The summed E-state index contributed by atoms with van der Waals surface area (Å²) in [4.78, 5) is 28.2. The molecule has 0 bridgehead atoms. The largest absolute Gasteiger partial charge is 0.497 e.